The van der Waals surface area contributed by atoms with Crippen LogP contribution in [0.4, 0.5) is 5.69 Å². The van der Waals surface area contributed by atoms with Gasteiger partial charge in [0.2, 0.25) is 0 Å². The van der Waals surface area contributed by atoms with E-state index in [9.17, 15) is 4.79 Å². The van der Waals surface area contributed by atoms with Crippen LogP contribution in [0.2, 0.25) is 0 Å². The van der Waals surface area contributed by atoms with Crippen LogP contribution in [0, 0.1) is 11.3 Å². The Morgan fingerprint density at radius 1 is 1.60 bits per heavy atom. The van der Waals surface area contributed by atoms with E-state index in [4.69, 9.17) is 15.7 Å². The summed E-state index contributed by atoms with van der Waals surface area (Å²) in [6.07, 6.45) is 0. The maximum atomic E-state index is 11.4. The van der Waals surface area contributed by atoms with Crippen molar-refractivity contribution in [1.29, 1.82) is 5.26 Å². The van der Waals surface area contributed by atoms with Crippen LogP contribution in [0.25, 0.3) is 0 Å². The number of rotatable bonds is 3. The van der Waals surface area contributed by atoms with E-state index < -0.39 is 11.9 Å². The number of carbonyl (C=O) groups excluding carboxylic acids is 1. The number of nitriles is 1. The standard InChI is InChI=1S/C11H12N2O2/c1-8(11(14)15-7-6-12)9-4-2-3-5-10(9)13/h2-5,8H,7,13H2,1H3. The molecule has 0 spiro atoms. The summed E-state index contributed by atoms with van der Waals surface area (Å²) in [4.78, 5) is 11.4. The average Bonchev–Trinajstić information content (AvgIpc) is 2.25. The molecule has 0 aliphatic carbocycles. The van der Waals surface area contributed by atoms with E-state index in [1.165, 1.54) is 0 Å². The second-order valence-electron chi connectivity index (χ2n) is 3.12. The van der Waals surface area contributed by atoms with E-state index in [1.54, 1.807) is 37.3 Å². The molecule has 0 saturated carbocycles. The van der Waals surface area contributed by atoms with E-state index in [0.717, 1.165) is 5.56 Å². The molecule has 0 aliphatic heterocycles. The van der Waals surface area contributed by atoms with Gasteiger partial charge in [-0.3, -0.25) is 4.79 Å². The number of carbonyl (C=O) groups is 1. The topological polar surface area (TPSA) is 76.1 Å². The maximum Gasteiger partial charge on any atom is 0.314 e. The number of hydrogen-bond donors (Lipinski definition) is 1. The molecular weight excluding hydrogens is 192 g/mol. The molecule has 15 heavy (non-hydrogen) atoms. The average molecular weight is 204 g/mol. The van der Waals surface area contributed by atoms with Crippen LogP contribution in [-0.2, 0) is 9.53 Å². The van der Waals surface area contributed by atoms with Crippen molar-refractivity contribution >= 4 is 11.7 Å². The Morgan fingerprint density at radius 2 is 2.27 bits per heavy atom. The highest BCUT2D eigenvalue weighted by Gasteiger charge is 2.18. The van der Waals surface area contributed by atoms with Crippen LogP contribution in [0.15, 0.2) is 24.3 Å². The molecule has 0 radical (unpaired) electrons. The minimum Gasteiger partial charge on any atom is -0.450 e. The molecule has 0 aliphatic rings. The van der Waals surface area contributed by atoms with Gasteiger partial charge >= 0.3 is 5.97 Å². The first-order chi connectivity index (χ1) is 7.16. The molecule has 78 valence electrons. The lowest BCUT2D eigenvalue weighted by Crippen LogP contribution is -2.14. The van der Waals surface area contributed by atoms with Crippen LogP contribution in [0.1, 0.15) is 18.4 Å². The van der Waals surface area contributed by atoms with Crippen molar-refractivity contribution < 1.29 is 9.53 Å². The van der Waals surface area contributed by atoms with Crippen molar-refractivity contribution in [3.05, 3.63) is 29.8 Å². The molecule has 2 N–H and O–H groups in total. The van der Waals surface area contributed by atoms with Gasteiger partial charge in [0.15, 0.2) is 6.61 Å². The zero-order chi connectivity index (χ0) is 11.3. The Morgan fingerprint density at radius 3 is 2.87 bits per heavy atom. The van der Waals surface area contributed by atoms with E-state index in [1.807, 2.05) is 0 Å². The summed E-state index contributed by atoms with van der Waals surface area (Å²) in [5, 5.41) is 8.27. The van der Waals surface area contributed by atoms with Crippen LogP contribution in [0.3, 0.4) is 0 Å². The minimum absolute atomic E-state index is 0.226. The van der Waals surface area contributed by atoms with Gasteiger partial charge in [0.1, 0.15) is 6.07 Å². The van der Waals surface area contributed by atoms with Crippen molar-refractivity contribution in [3.63, 3.8) is 0 Å². The molecule has 1 aromatic rings. The normalized spacial score (nSPS) is 11.5. The van der Waals surface area contributed by atoms with E-state index in [2.05, 4.69) is 0 Å². The van der Waals surface area contributed by atoms with Crippen molar-refractivity contribution in [2.75, 3.05) is 12.3 Å². The summed E-state index contributed by atoms with van der Waals surface area (Å²) in [6.45, 7) is 1.47. The molecule has 0 saturated heterocycles. The number of benzene rings is 1. The maximum absolute atomic E-state index is 11.4. The summed E-state index contributed by atoms with van der Waals surface area (Å²) in [7, 11) is 0. The fourth-order valence-electron chi connectivity index (χ4n) is 1.26. The van der Waals surface area contributed by atoms with E-state index in [0.29, 0.717) is 5.69 Å². The second kappa shape index (κ2) is 5.01. The molecule has 1 aromatic carbocycles. The van der Waals surface area contributed by atoms with Crippen LogP contribution >= 0.6 is 0 Å². The monoisotopic (exact) mass is 204 g/mol. The predicted molar refractivity (Wildman–Crippen MR) is 55.8 cm³/mol. The summed E-state index contributed by atoms with van der Waals surface area (Å²) in [5.41, 5.74) is 6.99. The van der Waals surface area contributed by atoms with Crippen molar-refractivity contribution in [1.82, 2.24) is 0 Å². The number of nitrogens with two attached hydrogens (primary N) is 1. The Hall–Kier alpha value is -2.02. The zero-order valence-electron chi connectivity index (χ0n) is 8.43. The lowest BCUT2D eigenvalue weighted by atomic mass is 10.00. The third kappa shape index (κ3) is 2.71. The lowest BCUT2D eigenvalue weighted by molar-refractivity contribution is -0.143. The first-order valence-corrected chi connectivity index (χ1v) is 4.54. The smallest absolute Gasteiger partial charge is 0.314 e. The highest BCUT2D eigenvalue weighted by Crippen LogP contribution is 2.22. The third-order valence-electron chi connectivity index (χ3n) is 2.10. The van der Waals surface area contributed by atoms with Gasteiger partial charge < -0.3 is 10.5 Å². The number of anilines is 1. The van der Waals surface area contributed by atoms with Gasteiger partial charge in [0, 0.05) is 5.69 Å². The Bertz CT molecular complexity index is 396. The Labute approximate surface area is 88.3 Å². The zero-order valence-corrected chi connectivity index (χ0v) is 8.43. The number of nitrogens with zero attached hydrogens (tertiary/aromatic N) is 1. The Kier molecular flexibility index (Phi) is 3.69. The minimum atomic E-state index is -0.445. The lowest BCUT2D eigenvalue weighted by Gasteiger charge is -2.12. The van der Waals surface area contributed by atoms with Gasteiger partial charge in [-0.1, -0.05) is 18.2 Å². The fourth-order valence-corrected chi connectivity index (χ4v) is 1.26. The number of para-hydroxylation sites is 1. The molecule has 4 nitrogen and oxygen atoms in total. The predicted octanol–water partition coefficient (Wildman–Crippen LogP) is 1.44. The number of hydrogen-bond acceptors (Lipinski definition) is 4. The SMILES string of the molecule is CC(C(=O)OCC#N)c1ccccc1N. The number of ether oxygens (including phenoxy) is 1. The summed E-state index contributed by atoms with van der Waals surface area (Å²) < 4.78 is 4.71. The molecule has 0 amide bonds. The highest BCUT2D eigenvalue weighted by molar-refractivity contribution is 5.79. The molecule has 0 heterocycles. The molecule has 4 heteroatoms. The summed E-state index contributed by atoms with van der Waals surface area (Å²) >= 11 is 0. The van der Waals surface area contributed by atoms with Crippen molar-refractivity contribution in [2.24, 2.45) is 0 Å². The van der Waals surface area contributed by atoms with Crippen LogP contribution in [-0.4, -0.2) is 12.6 Å². The van der Waals surface area contributed by atoms with Crippen LogP contribution < -0.4 is 5.73 Å². The quantitative estimate of drug-likeness (QED) is 0.597. The number of nitrogen functional groups attached to an aromatic ring is 1. The van der Waals surface area contributed by atoms with Gasteiger partial charge in [0.05, 0.1) is 5.92 Å². The molecular formula is C11H12N2O2. The van der Waals surface area contributed by atoms with Gasteiger partial charge in [-0.05, 0) is 18.6 Å². The largest absolute Gasteiger partial charge is 0.450 e. The molecule has 1 unspecified atom stereocenters. The fraction of sp³-hybridized carbons (Fsp3) is 0.273. The summed E-state index contributed by atoms with van der Waals surface area (Å²) in [5.74, 6) is -0.881. The van der Waals surface area contributed by atoms with Gasteiger partial charge in [-0.2, -0.15) is 5.26 Å². The van der Waals surface area contributed by atoms with Gasteiger partial charge in [0.25, 0.3) is 0 Å². The first kappa shape index (κ1) is 11.1. The Balaban J connectivity index is 2.77. The second-order valence-corrected chi connectivity index (χ2v) is 3.12. The highest BCUT2D eigenvalue weighted by atomic mass is 16.5. The van der Waals surface area contributed by atoms with E-state index >= 15 is 0 Å². The molecule has 1 atom stereocenters. The molecule has 0 aromatic heterocycles. The van der Waals surface area contributed by atoms with Crippen LogP contribution in [0.5, 0.6) is 0 Å². The summed E-state index contributed by atoms with van der Waals surface area (Å²) in [6, 6.07) is 8.85. The van der Waals surface area contributed by atoms with E-state index in [-0.39, 0.29) is 6.61 Å². The van der Waals surface area contributed by atoms with Crippen molar-refractivity contribution in [2.45, 2.75) is 12.8 Å². The molecule has 0 fully saturated rings. The number of esters is 1. The third-order valence-corrected chi connectivity index (χ3v) is 2.10. The van der Waals surface area contributed by atoms with Gasteiger partial charge in [-0.25, -0.2) is 0 Å². The van der Waals surface area contributed by atoms with Gasteiger partial charge in [-0.15, -0.1) is 0 Å². The first-order valence-electron chi connectivity index (χ1n) is 4.54. The van der Waals surface area contributed by atoms with Crippen molar-refractivity contribution in [3.8, 4) is 6.07 Å². The molecule has 0 bridgehead atoms. The molecule has 1 rings (SSSR count).